The molecule has 0 unspecified atom stereocenters. The molecule has 0 heterocycles. The van der Waals surface area contributed by atoms with Gasteiger partial charge in [-0.2, -0.15) is 9.82 Å². The first-order valence-electron chi connectivity index (χ1n) is 12.5. The number of ether oxygens (including phenoxy) is 3. The minimum atomic E-state index is -3.99. The topological polar surface area (TPSA) is 132 Å². The number of benzene rings is 3. The number of amides is 1. The number of nitrogens with zero attached hydrogens (tertiary/aromatic N) is 1. The van der Waals surface area contributed by atoms with Crippen molar-refractivity contribution in [3.63, 3.8) is 0 Å². The SMILES string of the molecule is CCOC(=O)COc1c(I)cc(/C=N\NC(=O)[C@H](Cc2ccccc2)NS(=O)(=O)c2ccc(I)cc2)cc1OCC. The maximum Gasteiger partial charge on any atom is 0.344 e. The van der Waals surface area contributed by atoms with Crippen molar-refractivity contribution < 1.29 is 32.2 Å². The van der Waals surface area contributed by atoms with E-state index < -0.39 is 27.9 Å². The lowest BCUT2D eigenvalue weighted by atomic mass is 10.1. The highest BCUT2D eigenvalue weighted by atomic mass is 127. The molecule has 2 N–H and O–H groups in total. The number of nitrogens with one attached hydrogen (secondary N) is 2. The van der Waals surface area contributed by atoms with Crippen LogP contribution < -0.4 is 19.6 Å². The summed E-state index contributed by atoms with van der Waals surface area (Å²) < 4.78 is 46.4. The van der Waals surface area contributed by atoms with E-state index in [-0.39, 0.29) is 24.5 Å². The molecule has 0 fully saturated rings. The van der Waals surface area contributed by atoms with Crippen LogP contribution in [0.5, 0.6) is 11.5 Å². The molecule has 0 saturated heterocycles. The highest BCUT2D eigenvalue weighted by molar-refractivity contribution is 14.1. The lowest BCUT2D eigenvalue weighted by molar-refractivity contribution is -0.145. The van der Waals surface area contributed by atoms with E-state index in [9.17, 15) is 18.0 Å². The Morgan fingerprint density at radius 3 is 2.34 bits per heavy atom. The molecule has 0 saturated carbocycles. The van der Waals surface area contributed by atoms with Crippen LogP contribution in [0.3, 0.4) is 0 Å². The molecular weight excluding hydrogens is 776 g/mol. The molecule has 0 aliphatic heterocycles. The molecule has 3 aromatic rings. The summed E-state index contributed by atoms with van der Waals surface area (Å²) in [6.07, 6.45) is 1.52. The van der Waals surface area contributed by atoms with Crippen LogP contribution in [0.2, 0.25) is 0 Å². The second-order valence-electron chi connectivity index (χ2n) is 8.41. The number of carbonyl (C=O) groups excluding carboxylic acids is 2. The molecule has 0 spiro atoms. The zero-order valence-corrected chi connectivity index (χ0v) is 27.4. The van der Waals surface area contributed by atoms with Crippen molar-refractivity contribution in [3.8, 4) is 11.5 Å². The van der Waals surface area contributed by atoms with E-state index in [0.29, 0.717) is 27.2 Å². The van der Waals surface area contributed by atoms with E-state index in [2.05, 4.69) is 37.8 Å². The van der Waals surface area contributed by atoms with Crippen LogP contribution in [-0.4, -0.2) is 52.4 Å². The van der Waals surface area contributed by atoms with E-state index in [1.54, 1.807) is 31.2 Å². The molecule has 3 aromatic carbocycles. The minimum Gasteiger partial charge on any atom is -0.490 e. The third kappa shape index (κ3) is 10.2. The number of esters is 1. The summed E-state index contributed by atoms with van der Waals surface area (Å²) in [6, 6.07) is 17.7. The Hall–Kier alpha value is -2.76. The van der Waals surface area contributed by atoms with Gasteiger partial charge in [0, 0.05) is 3.57 Å². The summed E-state index contributed by atoms with van der Waals surface area (Å²) in [7, 11) is -3.99. The van der Waals surface area contributed by atoms with Crippen molar-refractivity contribution in [1.82, 2.24) is 10.1 Å². The summed E-state index contributed by atoms with van der Waals surface area (Å²) in [5.74, 6) is -0.353. The lowest BCUT2D eigenvalue weighted by Gasteiger charge is -2.17. The molecule has 41 heavy (non-hydrogen) atoms. The van der Waals surface area contributed by atoms with Gasteiger partial charge in [0.25, 0.3) is 5.91 Å². The van der Waals surface area contributed by atoms with Gasteiger partial charge in [-0.1, -0.05) is 30.3 Å². The maximum atomic E-state index is 13.2. The number of hydrazone groups is 1. The van der Waals surface area contributed by atoms with Gasteiger partial charge in [0.2, 0.25) is 10.0 Å². The molecule has 13 heteroatoms. The smallest absolute Gasteiger partial charge is 0.344 e. The van der Waals surface area contributed by atoms with Gasteiger partial charge in [-0.05, 0) is 113 Å². The number of sulfonamides is 1. The van der Waals surface area contributed by atoms with Gasteiger partial charge in [-0.25, -0.2) is 18.6 Å². The first-order chi connectivity index (χ1) is 19.6. The standard InChI is InChI=1S/C28H29I2N3O7S/c1-3-38-25-16-20(14-23(30)27(25)40-18-26(34)39-4-2)17-31-32-28(35)24(15-19-8-6-5-7-9-19)33-41(36,37)22-12-10-21(29)11-13-22/h5-14,16-17,24,33H,3-4,15,18H2,1-2H3,(H,32,35)/b31-17-/t24-/m0/s1. The maximum absolute atomic E-state index is 13.2. The van der Waals surface area contributed by atoms with Gasteiger partial charge in [-0.15, -0.1) is 0 Å². The van der Waals surface area contributed by atoms with E-state index in [1.165, 1.54) is 18.3 Å². The Labute approximate surface area is 266 Å². The summed E-state index contributed by atoms with van der Waals surface area (Å²) in [5, 5.41) is 4.05. The normalized spacial score (nSPS) is 12.1. The average molecular weight is 805 g/mol. The second kappa shape index (κ2) is 16.0. The van der Waals surface area contributed by atoms with Gasteiger partial charge in [0.05, 0.1) is 27.9 Å². The summed E-state index contributed by atoms with van der Waals surface area (Å²) in [6.45, 7) is 3.85. The number of carbonyl (C=O) groups is 2. The molecule has 10 nitrogen and oxygen atoms in total. The van der Waals surface area contributed by atoms with Crippen LogP contribution in [0.25, 0.3) is 0 Å². The summed E-state index contributed by atoms with van der Waals surface area (Å²) in [5.41, 5.74) is 3.80. The molecule has 3 rings (SSSR count). The highest BCUT2D eigenvalue weighted by Gasteiger charge is 2.26. The monoisotopic (exact) mass is 805 g/mol. The molecule has 1 amide bonds. The van der Waals surface area contributed by atoms with Gasteiger partial charge in [0.15, 0.2) is 18.1 Å². The fourth-order valence-corrected chi connectivity index (χ4v) is 5.89. The third-order valence-electron chi connectivity index (χ3n) is 5.38. The van der Waals surface area contributed by atoms with Gasteiger partial charge >= 0.3 is 5.97 Å². The van der Waals surface area contributed by atoms with Crippen LogP contribution in [0.15, 0.2) is 76.7 Å². The first-order valence-corrected chi connectivity index (χ1v) is 16.2. The Morgan fingerprint density at radius 1 is 0.976 bits per heavy atom. The molecule has 0 bridgehead atoms. The predicted molar refractivity (Wildman–Crippen MR) is 172 cm³/mol. The predicted octanol–water partition coefficient (Wildman–Crippen LogP) is 4.28. The molecule has 218 valence electrons. The van der Waals surface area contributed by atoms with Gasteiger partial charge in [0.1, 0.15) is 6.04 Å². The lowest BCUT2D eigenvalue weighted by Crippen LogP contribution is -2.46. The van der Waals surface area contributed by atoms with Crippen molar-refractivity contribution in [2.75, 3.05) is 19.8 Å². The average Bonchev–Trinajstić information content (AvgIpc) is 2.93. The molecule has 0 aromatic heterocycles. The first kappa shape index (κ1) is 32.8. The van der Waals surface area contributed by atoms with Crippen LogP contribution in [0, 0.1) is 7.14 Å². The third-order valence-corrected chi connectivity index (χ3v) is 8.39. The molecular formula is C28H29I2N3O7S. The number of hydrogen-bond acceptors (Lipinski definition) is 8. The van der Waals surface area contributed by atoms with Crippen LogP contribution >= 0.6 is 45.2 Å². The minimum absolute atomic E-state index is 0.0515. The summed E-state index contributed by atoms with van der Waals surface area (Å²) >= 11 is 4.13. The molecule has 1 atom stereocenters. The van der Waals surface area contributed by atoms with Crippen molar-refractivity contribution in [1.29, 1.82) is 0 Å². The highest BCUT2D eigenvalue weighted by Crippen LogP contribution is 2.34. The van der Waals surface area contributed by atoms with Gasteiger partial charge < -0.3 is 14.2 Å². The van der Waals surface area contributed by atoms with Crippen molar-refractivity contribution in [2.24, 2.45) is 5.10 Å². The van der Waals surface area contributed by atoms with Crippen molar-refractivity contribution >= 4 is 73.3 Å². The largest absolute Gasteiger partial charge is 0.490 e. The Kier molecular flexibility index (Phi) is 12.8. The zero-order valence-electron chi connectivity index (χ0n) is 22.3. The number of halogens is 2. The van der Waals surface area contributed by atoms with Gasteiger partial charge in [-0.3, -0.25) is 4.79 Å². The van der Waals surface area contributed by atoms with E-state index in [4.69, 9.17) is 14.2 Å². The number of rotatable bonds is 14. The fourth-order valence-electron chi connectivity index (χ4n) is 3.55. The van der Waals surface area contributed by atoms with Crippen LogP contribution in [0.1, 0.15) is 25.0 Å². The Balaban J connectivity index is 1.78. The Morgan fingerprint density at radius 2 is 1.68 bits per heavy atom. The van der Waals surface area contributed by atoms with E-state index in [1.807, 2.05) is 59.8 Å². The van der Waals surface area contributed by atoms with Crippen molar-refractivity contribution in [3.05, 3.63) is 85.0 Å². The molecule has 0 aliphatic rings. The Bertz CT molecular complexity index is 1470. The quantitative estimate of drug-likeness (QED) is 0.108. The molecule has 0 aliphatic carbocycles. The van der Waals surface area contributed by atoms with E-state index >= 15 is 0 Å². The van der Waals surface area contributed by atoms with Crippen molar-refractivity contribution in [2.45, 2.75) is 31.2 Å². The number of hydrogen-bond donors (Lipinski definition) is 2. The summed E-state index contributed by atoms with van der Waals surface area (Å²) in [4.78, 5) is 24.9. The zero-order chi connectivity index (χ0) is 29.8. The molecule has 0 radical (unpaired) electrons. The fraction of sp³-hybridized carbons (Fsp3) is 0.250. The van der Waals surface area contributed by atoms with Crippen LogP contribution in [0.4, 0.5) is 0 Å². The van der Waals surface area contributed by atoms with E-state index in [0.717, 1.165) is 9.13 Å². The second-order valence-corrected chi connectivity index (χ2v) is 12.5. The van der Waals surface area contributed by atoms with Crippen LogP contribution in [-0.2, 0) is 30.8 Å².